The smallest absolute Gasteiger partial charge is 0.0313 e. The van der Waals surface area contributed by atoms with Gasteiger partial charge in [0.2, 0.25) is 0 Å². The van der Waals surface area contributed by atoms with Crippen LogP contribution in [0.3, 0.4) is 0 Å². The topological polar surface area (TPSA) is 0 Å². The summed E-state index contributed by atoms with van der Waals surface area (Å²) in [6.07, 6.45) is 16.7. The molecule has 0 nitrogen and oxygen atoms in total. The van der Waals surface area contributed by atoms with Crippen molar-refractivity contribution in [3.05, 3.63) is 0 Å². The van der Waals surface area contributed by atoms with Crippen LogP contribution < -0.4 is 0 Å². The van der Waals surface area contributed by atoms with Gasteiger partial charge in [-0.05, 0) is 31.6 Å². The Morgan fingerprint density at radius 3 is 2.42 bits per heavy atom. The molecular formula is C12H18. The molecule has 2 aliphatic carbocycles. The summed E-state index contributed by atoms with van der Waals surface area (Å²) in [7, 11) is 0. The van der Waals surface area contributed by atoms with Crippen molar-refractivity contribution in [1.29, 1.82) is 0 Å². The summed E-state index contributed by atoms with van der Waals surface area (Å²) >= 11 is 0. The average molecular weight is 162 g/mol. The van der Waals surface area contributed by atoms with Crippen LogP contribution in [-0.2, 0) is 0 Å². The van der Waals surface area contributed by atoms with Gasteiger partial charge in [0.05, 0.1) is 0 Å². The minimum atomic E-state index is 0.378. The van der Waals surface area contributed by atoms with Crippen LogP contribution in [0.25, 0.3) is 0 Å². The van der Waals surface area contributed by atoms with Gasteiger partial charge in [-0.3, -0.25) is 0 Å². The summed E-state index contributed by atoms with van der Waals surface area (Å²) in [6, 6.07) is 0. The molecule has 0 amide bonds. The molecule has 0 heteroatoms. The fraction of sp³-hybridized carbons (Fsp3) is 0.833. The van der Waals surface area contributed by atoms with Crippen LogP contribution in [0.5, 0.6) is 0 Å². The van der Waals surface area contributed by atoms with Crippen LogP contribution in [0.1, 0.15) is 51.4 Å². The minimum absolute atomic E-state index is 0.378. The third-order valence-electron chi connectivity index (χ3n) is 3.67. The lowest BCUT2D eigenvalue weighted by Gasteiger charge is -2.11. The quantitative estimate of drug-likeness (QED) is 0.558. The van der Waals surface area contributed by atoms with Crippen LogP contribution in [-0.4, -0.2) is 0 Å². The van der Waals surface area contributed by atoms with Crippen molar-refractivity contribution in [1.82, 2.24) is 0 Å². The molecular weight excluding hydrogens is 144 g/mol. The van der Waals surface area contributed by atoms with E-state index >= 15 is 0 Å². The van der Waals surface area contributed by atoms with Gasteiger partial charge in [0.25, 0.3) is 0 Å². The lowest BCUT2D eigenvalue weighted by atomic mass is 9.93. The standard InChI is InChI=1S/C12H18/c1-2-12(9-10-12)8-7-11-5-3-4-6-11/h1,11H,3-10H2. The summed E-state index contributed by atoms with van der Waals surface area (Å²) in [5.74, 6) is 4.00. The van der Waals surface area contributed by atoms with Crippen LogP contribution in [0, 0.1) is 23.7 Å². The summed E-state index contributed by atoms with van der Waals surface area (Å²) in [4.78, 5) is 0. The van der Waals surface area contributed by atoms with Gasteiger partial charge in [0, 0.05) is 5.41 Å². The Balaban J connectivity index is 1.71. The Hall–Kier alpha value is -0.440. The summed E-state index contributed by atoms with van der Waals surface area (Å²) < 4.78 is 0. The Labute approximate surface area is 75.7 Å². The Bertz CT molecular complexity index is 187. The third-order valence-corrected chi connectivity index (χ3v) is 3.67. The average Bonchev–Trinajstić information content (AvgIpc) is 2.70. The molecule has 0 aromatic rings. The molecule has 0 N–H and O–H groups in total. The number of terminal acetylenes is 1. The van der Waals surface area contributed by atoms with E-state index in [0.29, 0.717) is 5.41 Å². The van der Waals surface area contributed by atoms with Gasteiger partial charge in [-0.15, -0.1) is 6.42 Å². The molecule has 0 unspecified atom stereocenters. The van der Waals surface area contributed by atoms with Gasteiger partial charge in [-0.1, -0.05) is 31.6 Å². The molecule has 0 aromatic heterocycles. The molecule has 0 spiro atoms. The van der Waals surface area contributed by atoms with Crippen LogP contribution in [0.15, 0.2) is 0 Å². The van der Waals surface area contributed by atoms with E-state index in [0.717, 1.165) is 5.92 Å². The zero-order valence-electron chi connectivity index (χ0n) is 7.81. The predicted octanol–water partition coefficient (Wildman–Crippen LogP) is 3.37. The number of hydrogen-bond donors (Lipinski definition) is 0. The zero-order chi connectivity index (χ0) is 8.44. The summed E-state index contributed by atoms with van der Waals surface area (Å²) in [5, 5.41) is 0. The molecule has 2 saturated carbocycles. The highest BCUT2D eigenvalue weighted by molar-refractivity contribution is 5.14. The Morgan fingerprint density at radius 2 is 1.92 bits per heavy atom. The summed E-state index contributed by atoms with van der Waals surface area (Å²) in [5.41, 5.74) is 0.378. The van der Waals surface area contributed by atoms with Crippen LogP contribution in [0.2, 0.25) is 0 Å². The van der Waals surface area contributed by atoms with E-state index in [4.69, 9.17) is 6.42 Å². The highest BCUT2D eigenvalue weighted by atomic mass is 14.4. The van der Waals surface area contributed by atoms with E-state index in [2.05, 4.69) is 5.92 Å². The van der Waals surface area contributed by atoms with E-state index < -0.39 is 0 Å². The van der Waals surface area contributed by atoms with Crippen LogP contribution in [0.4, 0.5) is 0 Å². The van der Waals surface area contributed by atoms with Crippen molar-refractivity contribution in [3.8, 4) is 12.3 Å². The maximum absolute atomic E-state index is 5.50. The highest BCUT2D eigenvalue weighted by Crippen LogP contribution is 2.50. The minimum Gasteiger partial charge on any atom is -0.120 e. The van der Waals surface area contributed by atoms with Crippen molar-refractivity contribution >= 4 is 0 Å². The maximum Gasteiger partial charge on any atom is 0.0313 e. The lowest BCUT2D eigenvalue weighted by molar-refractivity contribution is 0.435. The van der Waals surface area contributed by atoms with Crippen molar-refractivity contribution in [2.45, 2.75) is 51.4 Å². The summed E-state index contributed by atoms with van der Waals surface area (Å²) in [6.45, 7) is 0. The SMILES string of the molecule is C#CC1(CCC2CCCC2)CC1. The largest absolute Gasteiger partial charge is 0.120 e. The highest BCUT2D eigenvalue weighted by Gasteiger charge is 2.40. The second-order valence-corrected chi connectivity index (χ2v) is 4.61. The molecule has 2 aliphatic rings. The molecule has 2 fully saturated rings. The van der Waals surface area contributed by atoms with Crippen molar-refractivity contribution in [2.75, 3.05) is 0 Å². The number of rotatable bonds is 3. The van der Waals surface area contributed by atoms with E-state index in [1.165, 1.54) is 51.4 Å². The fourth-order valence-corrected chi connectivity index (χ4v) is 2.40. The van der Waals surface area contributed by atoms with Crippen molar-refractivity contribution in [3.63, 3.8) is 0 Å². The first-order valence-corrected chi connectivity index (χ1v) is 5.32. The van der Waals surface area contributed by atoms with E-state index in [1.54, 1.807) is 0 Å². The third kappa shape index (κ3) is 1.66. The molecule has 12 heavy (non-hydrogen) atoms. The van der Waals surface area contributed by atoms with Gasteiger partial charge in [-0.25, -0.2) is 0 Å². The monoisotopic (exact) mass is 162 g/mol. The molecule has 66 valence electrons. The second-order valence-electron chi connectivity index (χ2n) is 4.61. The zero-order valence-corrected chi connectivity index (χ0v) is 7.81. The van der Waals surface area contributed by atoms with Gasteiger partial charge in [0.1, 0.15) is 0 Å². The first kappa shape index (κ1) is 8.17. The van der Waals surface area contributed by atoms with E-state index in [-0.39, 0.29) is 0 Å². The molecule has 0 aromatic carbocycles. The molecule has 0 heterocycles. The first-order chi connectivity index (χ1) is 5.85. The van der Waals surface area contributed by atoms with Crippen LogP contribution >= 0.6 is 0 Å². The van der Waals surface area contributed by atoms with Crippen molar-refractivity contribution in [2.24, 2.45) is 11.3 Å². The second kappa shape index (κ2) is 3.13. The molecule has 0 bridgehead atoms. The molecule has 0 saturated heterocycles. The van der Waals surface area contributed by atoms with E-state index in [1.807, 2.05) is 0 Å². The Morgan fingerprint density at radius 1 is 1.25 bits per heavy atom. The molecule has 2 rings (SSSR count). The van der Waals surface area contributed by atoms with Gasteiger partial charge in [-0.2, -0.15) is 0 Å². The molecule has 0 aliphatic heterocycles. The van der Waals surface area contributed by atoms with Gasteiger partial charge >= 0.3 is 0 Å². The normalized spacial score (nSPS) is 26.9. The van der Waals surface area contributed by atoms with Crippen molar-refractivity contribution < 1.29 is 0 Å². The lowest BCUT2D eigenvalue weighted by Crippen LogP contribution is -2.01. The molecule has 0 atom stereocenters. The van der Waals surface area contributed by atoms with Gasteiger partial charge in [0.15, 0.2) is 0 Å². The van der Waals surface area contributed by atoms with E-state index in [9.17, 15) is 0 Å². The van der Waals surface area contributed by atoms with Gasteiger partial charge < -0.3 is 0 Å². The predicted molar refractivity (Wildman–Crippen MR) is 51.7 cm³/mol. The fourth-order valence-electron chi connectivity index (χ4n) is 2.40. The number of hydrogen-bond acceptors (Lipinski definition) is 0. The molecule has 0 radical (unpaired) electrons. The first-order valence-electron chi connectivity index (χ1n) is 5.32. The Kier molecular flexibility index (Phi) is 2.13. The maximum atomic E-state index is 5.50.